The molecule has 1 fully saturated rings. The average molecular weight is 352 g/mol. The van der Waals surface area contributed by atoms with Gasteiger partial charge in [-0.25, -0.2) is 0 Å². The summed E-state index contributed by atoms with van der Waals surface area (Å²) in [7, 11) is 0. The summed E-state index contributed by atoms with van der Waals surface area (Å²) in [6.45, 7) is 2.36. The van der Waals surface area contributed by atoms with Gasteiger partial charge in [0.2, 0.25) is 0 Å². The SMILES string of the molecule is CC1CCC(C(Cl)c2ccc(Br)c3ccccc23)CC1. The Bertz CT molecular complexity index is 599. The molecular formula is C18H20BrCl. The summed E-state index contributed by atoms with van der Waals surface area (Å²) in [6.07, 6.45) is 5.17. The van der Waals surface area contributed by atoms with E-state index in [1.54, 1.807) is 0 Å². The normalized spacial score (nSPS) is 24.8. The highest BCUT2D eigenvalue weighted by atomic mass is 79.9. The zero-order valence-corrected chi connectivity index (χ0v) is 14.1. The summed E-state index contributed by atoms with van der Waals surface area (Å²) < 4.78 is 1.15. The smallest absolute Gasteiger partial charge is 0.0619 e. The molecule has 1 atom stereocenters. The van der Waals surface area contributed by atoms with Crippen LogP contribution in [0.3, 0.4) is 0 Å². The zero-order chi connectivity index (χ0) is 14.1. The van der Waals surface area contributed by atoms with Crippen molar-refractivity contribution in [3.05, 3.63) is 46.4 Å². The third-order valence-corrected chi connectivity index (χ3v) is 5.96. The molecule has 2 aromatic carbocycles. The van der Waals surface area contributed by atoms with Gasteiger partial charge in [-0.15, -0.1) is 11.6 Å². The van der Waals surface area contributed by atoms with E-state index in [1.165, 1.54) is 42.0 Å². The molecule has 3 rings (SSSR count). The molecule has 20 heavy (non-hydrogen) atoms. The van der Waals surface area contributed by atoms with Crippen LogP contribution in [0.15, 0.2) is 40.9 Å². The predicted molar refractivity (Wildman–Crippen MR) is 91.4 cm³/mol. The van der Waals surface area contributed by atoms with Crippen LogP contribution in [0.1, 0.15) is 43.5 Å². The van der Waals surface area contributed by atoms with Crippen LogP contribution in [0.25, 0.3) is 10.8 Å². The van der Waals surface area contributed by atoms with E-state index < -0.39 is 0 Å². The molecule has 0 heterocycles. The van der Waals surface area contributed by atoms with Gasteiger partial charge in [-0.1, -0.05) is 66.0 Å². The Hall–Kier alpha value is -0.530. The second-order valence-corrected chi connectivity index (χ2v) is 7.43. The molecule has 1 saturated carbocycles. The number of hydrogen-bond donors (Lipinski definition) is 0. The summed E-state index contributed by atoms with van der Waals surface area (Å²) in [5.74, 6) is 1.49. The van der Waals surface area contributed by atoms with Crippen molar-refractivity contribution < 1.29 is 0 Å². The van der Waals surface area contributed by atoms with Gasteiger partial charge < -0.3 is 0 Å². The number of halogens is 2. The van der Waals surface area contributed by atoms with Crippen LogP contribution in [0.4, 0.5) is 0 Å². The number of hydrogen-bond acceptors (Lipinski definition) is 0. The molecule has 1 unspecified atom stereocenters. The third kappa shape index (κ3) is 2.76. The monoisotopic (exact) mass is 350 g/mol. The van der Waals surface area contributed by atoms with Gasteiger partial charge in [-0.05, 0) is 47.1 Å². The highest BCUT2D eigenvalue weighted by Gasteiger charge is 2.26. The largest absolute Gasteiger partial charge is 0.117 e. The van der Waals surface area contributed by atoms with Crippen LogP contribution in [-0.4, -0.2) is 0 Å². The maximum atomic E-state index is 6.85. The van der Waals surface area contributed by atoms with Crippen LogP contribution in [-0.2, 0) is 0 Å². The fourth-order valence-corrected chi connectivity index (χ4v) is 4.28. The van der Waals surface area contributed by atoms with Crippen LogP contribution in [0.5, 0.6) is 0 Å². The highest BCUT2D eigenvalue weighted by Crippen LogP contribution is 2.43. The molecular weight excluding hydrogens is 332 g/mol. The van der Waals surface area contributed by atoms with Crippen molar-refractivity contribution in [2.24, 2.45) is 11.8 Å². The van der Waals surface area contributed by atoms with E-state index in [2.05, 4.69) is 59.3 Å². The highest BCUT2D eigenvalue weighted by molar-refractivity contribution is 9.10. The Morgan fingerprint density at radius 3 is 2.35 bits per heavy atom. The molecule has 2 heteroatoms. The van der Waals surface area contributed by atoms with Crippen molar-refractivity contribution in [3.8, 4) is 0 Å². The first-order chi connectivity index (χ1) is 9.66. The molecule has 0 aliphatic heterocycles. The van der Waals surface area contributed by atoms with E-state index in [9.17, 15) is 0 Å². The molecule has 1 aliphatic carbocycles. The molecule has 0 saturated heterocycles. The van der Waals surface area contributed by atoms with Gasteiger partial charge in [0.05, 0.1) is 5.38 Å². The minimum atomic E-state index is 0.139. The lowest BCUT2D eigenvalue weighted by Gasteiger charge is -2.30. The van der Waals surface area contributed by atoms with Crippen molar-refractivity contribution in [2.75, 3.05) is 0 Å². The maximum absolute atomic E-state index is 6.85. The molecule has 0 spiro atoms. The van der Waals surface area contributed by atoms with Crippen LogP contribution in [0, 0.1) is 11.8 Å². The molecule has 0 aromatic heterocycles. The fraction of sp³-hybridized carbons (Fsp3) is 0.444. The maximum Gasteiger partial charge on any atom is 0.0619 e. The van der Waals surface area contributed by atoms with Gasteiger partial charge >= 0.3 is 0 Å². The first kappa shape index (κ1) is 14.4. The summed E-state index contributed by atoms with van der Waals surface area (Å²) >= 11 is 10.5. The van der Waals surface area contributed by atoms with E-state index in [0.717, 1.165) is 10.4 Å². The standard InChI is InChI=1S/C18H20BrCl/c1-12-6-8-13(9-7-12)18(20)16-10-11-17(19)15-5-3-2-4-14(15)16/h2-5,10-13,18H,6-9H2,1H3. The van der Waals surface area contributed by atoms with E-state index >= 15 is 0 Å². The van der Waals surface area contributed by atoms with Crippen molar-refractivity contribution >= 4 is 38.3 Å². The third-order valence-electron chi connectivity index (χ3n) is 4.68. The Morgan fingerprint density at radius 2 is 1.65 bits per heavy atom. The lowest BCUT2D eigenvalue weighted by atomic mass is 9.79. The molecule has 0 radical (unpaired) electrons. The zero-order valence-electron chi connectivity index (χ0n) is 11.8. The van der Waals surface area contributed by atoms with E-state index in [0.29, 0.717) is 5.92 Å². The molecule has 0 nitrogen and oxygen atoms in total. The first-order valence-corrected chi connectivity index (χ1v) is 8.71. The van der Waals surface area contributed by atoms with Gasteiger partial charge in [0.15, 0.2) is 0 Å². The second-order valence-electron chi connectivity index (χ2n) is 6.10. The number of fused-ring (bicyclic) bond motifs is 1. The average Bonchev–Trinajstić information content (AvgIpc) is 2.48. The Morgan fingerprint density at radius 1 is 1.00 bits per heavy atom. The second kappa shape index (κ2) is 6.07. The van der Waals surface area contributed by atoms with Crippen LogP contribution < -0.4 is 0 Å². The van der Waals surface area contributed by atoms with Crippen LogP contribution in [0.2, 0.25) is 0 Å². The van der Waals surface area contributed by atoms with Gasteiger partial charge in [0.1, 0.15) is 0 Å². The van der Waals surface area contributed by atoms with Gasteiger partial charge in [-0.2, -0.15) is 0 Å². The van der Waals surface area contributed by atoms with Crippen molar-refractivity contribution in [3.63, 3.8) is 0 Å². The van der Waals surface area contributed by atoms with Gasteiger partial charge in [-0.3, -0.25) is 0 Å². The lowest BCUT2D eigenvalue weighted by molar-refractivity contribution is 0.284. The summed E-state index contributed by atoms with van der Waals surface area (Å²) in [4.78, 5) is 0. The van der Waals surface area contributed by atoms with Gasteiger partial charge in [0, 0.05) is 4.47 Å². The predicted octanol–water partition coefficient (Wildman–Crippen LogP) is 6.71. The van der Waals surface area contributed by atoms with Crippen LogP contribution >= 0.6 is 27.5 Å². The van der Waals surface area contributed by atoms with Crippen molar-refractivity contribution in [2.45, 2.75) is 38.0 Å². The topological polar surface area (TPSA) is 0 Å². The molecule has 0 amide bonds. The summed E-state index contributed by atoms with van der Waals surface area (Å²) in [6, 6.07) is 12.9. The Kier molecular flexibility index (Phi) is 4.37. The first-order valence-electron chi connectivity index (χ1n) is 7.48. The minimum absolute atomic E-state index is 0.139. The quantitative estimate of drug-likeness (QED) is 0.527. The molecule has 0 N–H and O–H groups in total. The van der Waals surface area contributed by atoms with E-state index in [-0.39, 0.29) is 5.38 Å². The van der Waals surface area contributed by atoms with Crippen molar-refractivity contribution in [1.82, 2.24) is 0 Å². The summed E-state index contributed by atoms with van der Waals surface area (Å²) in [5.41, 5.74) is 1.30. The molecule has 106 valence electrons. The number of alkyl halides is 1. The molecule has 1 aliphatic rings. The molecule has 0 bridgehead atoms. The number of benzene rings is 2. The number of rotatable bonds is 2. The Labute approximate surface area is 134 Å². The molecule has 2 aromatic rings. The summed E-state index contributed by atoms with van der Waals surface area (Å²) in [5, 5.41) is 2.70. The van der Waals surface area contributed by atoms with Crippen molar-refractivity contribution in [1.29, 1.82) is 0 Å². The lowest BCUT2D eigenvalue weighted by Crippen LogP contribution is -2.16. The Balaban J connectivity index is 1.95. The fourth-order valence-electron chi connectivity index (χ4n) is 3.36. The van der Waals surface area contributed by atoms with E-state index in [4.69, 9.17) is 11.6 Å². The van der Waals surface area contributed by atoms with Gasteiger partial charge in [0.25, 0.3) is 0 Å². The minimum Gasteiger partial charge on any atom is -0.117 e. The van der Waals surface area contributed by atoms with E-state index in [1.807, 2.05) is 0 Å².